The lowest BCUT2D eigenvalue weighted by molar-refractivity contribution is 0.199. The van der Waals surface area contributed by atoms with Crippen LogP contribution >= 0.6 is 15.9 Å². The third kappa shape index (κ3) is 7.49. The first-order chi connectivity index (χ1) is 8.33. The van der Waals surface area contributed by atoms with Gasteiger partial charge in [-0.2, -0.15) is 0 Å². The average Bonchev–Trinajstić information content (AvgIpc) is 2.35. The molecule has 1 aromatic rings. The highest BCUT2D eigenvalue weighted by Crippen LogP contribution is 2.10. The lowest BCUT2D eigenvalue weighted by Crippen LogP contribution is -2.30. The van der Waals surface area contributed by atoms with E-state index < -0.39 is 0 Å². The Morgan fingerprint density at radius 2 is 1.65 bits per heavy atom. The predicted molar refractivity (Wildman–Crippen MR) is 75.5 cm³/mol. The summed E-state index contributed by atoms with van der Waals surface area (Å²) >= 11 is 3.43. The Morgan fingerprint density at radius 3 is 2.29 bits per heavy atom. The van der Waals surface area contributed by atoms with E-state index in [1.807, 2.05) is 0 Å². The van der Waals surface area contributed by atoms with Crippen LogP contribution in [0.15, 0.2) is 28.7 Å². The van der Waals surface area contributed by atoms with Crippen molar-refractivity contribution < 1.29 is 4.74 Å². The molecular formula is C13H21BrN2O. The monoisotopic (exact) mass is 300 g/mol. The van der Waals surface area contributed by atoms with Crippen LogP contribution in [0.5, 0.6) is 0 Å². The summed E-state index contributed by atoms with van der Waals surface area (Å²) in [6.07, 6.45) is 1.07. The van der Waals surface area contributed by atoms with Crippen molar-refractivity contribution in [3.63, 3.8) is 0 Å². The minimum Gasteiger partial charge on any atom is -0.383 e. The van der Waals surface area contributed by atoms with Gasteiger partial charge in [0.25, 0.3) is 0 Å². The number of methoxy groups -OCH3 is 1. The minimum atomic E-state index is 0.777. The van der Waals surface area contributed by atoms with E-state index in [4.69, 9.17) is 4.74 Å². The van der Waals surface area contributed by atoms with Crippen LogP contribution in [0.4, 0.5) is 0 Å². The largest absolute Gasteiger partial charge is 0.383 e. The molecule has 0 aliphatic rings. The van der Waals surface area contributed by atoms with Crippen molar-refractivity contribution in [1.29, 1.82) is 0 Å². The summed E-state index contributed by atoms with van der Waals surface area (Å²) in [6.45, 7) is 4.71. The van der Waals surface area contributed by atoms with Gasteiger partial charge in [0.05, 0.1) is 6.61 Å². The third-order valence-electron chi connectivity index (χ3n) is 2.47. The summed E-state index contributed by atoms with van der Waals surface area (Å²) in [4.78, 5) is 0. The van der Waals surface area contributed by atoms with Crippen LogP contribution in [-0.2, 0) is 11.2 Å². The molecule has 0 aliphatic carbocycles. The smallest absolute Gasteiger partial charge is 0.0587 e. The molecule has 0 spiro atoms. The van der Waals surface area contributed by atoms with Gasteiger partial charge in [0.1, 0.15) is 0 Å². The summed E-state index contributed by atoms with van der Waals surface area (Å²) in [5, 5.41) is 6.71. The Kier molecular flexibility index (Phi) is 8.26. The average molecular weight is 301 g/mol. The Labute approximate surface area is 112 Å². The molecule has 3 nitrogen and oxygen atoms in total. The second-order valence-corrected chi connectivity index (χ2v) is 4.78. The van der Waals surface area contributed by atoms with Gasteiger partial charge in [-0.15, -0.1) is 0 Å². The molecule has 0 radical (unpaired) electrons. The van der Waals surface area contributed by atoms with E-state index in [0.717, 1.165) is 43.7 Å². The van der Waals surface area contributed by atoms with Gasteiger partial charge in [0.2, 0.25) is 0 Å². The molecule has 0 saturated carbocycles. The predicted octanol–water partition coefficient (Wildman–Crippen LogP) is 1.82. The molecule has 0 aromatic heterocycles. The Balaban J connectivity index is 1.95. The van der Waals surface area contributed by atoms with Crippen molar-refractivity contribution >= 4 is 15.9 Å². The van der Waals surface area contributed by atoms with Crippen LogP contribution in [0.2, 0.25) is 0 Å². The number of nitrogens with one attached hydrogen (secondary N) is 2. The van der Waals surface area contributed by atoms with E-state index in [0.29, 0.717) is 0 Å². The van der Waals surface area contributed by atoms with Crippen molar-refractivity contribution in [3.8, 4) is 0 Å². The minimum absolute atomic E-state index is 0.777. The van der Waals surface area contributed by atoms with Crippen LogP contribution in [0.25, 0.3) is 0 Å². The Hall–Kier alpha value is -0.420. The highest BCUT2D eigenvalue weighted by Gasteiger charge is 1.93. The molecule has 0 bridgehead atoms. The standard InChI is InChI=1S/C13H21BrN2O/c1-17-11-10-16-9-8-15-7-6-12-2-4-13(14)5-3-12/h2-5,15-16H,6-11H2,1H3. The lowest BCUT2D eigenvalue weighted by atomic mass is 10.1. The quantitative estimate of drug-likeness (QED) is 0.683. The molecule has 17 heavy (non-hydrogen) atoms. The second-order valence-electron chi connectivity index (χ2n) is 3.87. The van der Waals surface area contributed by atoms with Crippen molar-refractivity contribution in [2.24, 2.45) is 0 Å². The fourth-order valence-corrected chi connectivity index (χ4v) is 1.75. The van der Waals surface area contributed by atoms with Crippen LogP contribution in [0.1, 0.15) is 5.56 Å². The molecule has 2 N–H and O–H groups in total. The summed E-state index contributed by atoms with van der Waals surface area (Å²) in [5.74, 6) is 0. The number of hydrogen-bond acceptors (Lipinski definition) is 3. The highest BCUT2D eigenvalue weighted by atomic mass is 79.9. The van der Waals surface area contributed by atoms with E-state index >= 15 is 0 Å². The third-order valence-corrected chi connectivity index (χ3v) is 2.99. The van der Waals surface area contributed by atoms with E-state index in [-0.39, 0.29) is 0 Å². The topological polar surface area (TPSA) is 33.3 Å². The van der Waals surface area contributed by atoms with Crippen molar-refractivity contribution in [2.75, 3.05) is 39.9 Å². The highest BCUT2D eigenvalue weighted by molar-refractivity contribution is 9.10. The van der Waals surface area contributed by atoms with Crippen LogP contribution in [-0.4, -0.2) is 39.9 Å². The Morgan fingerprint density at radius 1 is 1.00 bits per heavy atom. The van der Waals surface area contributed by atoms with Crippen LogP contribution < -0.4 is 10.6 Å². The van der Waals surface area contributed by atoms with Gasteiger partial charge in [-0.3, -0.25) is 0 Å². The molecule has 0 atom stereocenters. The first-order valence-electron chi connectivity index (χ1n) is 5.98. The fraction of sp³-hybridized carbons (Fsp3) is 0.538. The maximum atomic E-state index is 4.95. The first-order valence-corrected chi connectivity index (χ1v) is 6.77. The normalized spacial score (nSPS) is 10.7. The number of halogens is 1. The molecule has 0 unspecified atom stereocenters. The van der Waals surface area contributed by atoms with E-state index in [1.165, 1.54) is 5.56 Å². The van der Waals surface area contributed by atoms with E-state index in [9.17, 15) is 0 Å². The van der Waals surface area contributed by atoms with Crippen molar-refractivity contribution in [1.82, 2.24) is 10.6 Å². The Bertz CT molecular complexity index is 290. The van der Waals surface area contributed by atoms with E-state index in [1.54, 1.807) is 7.11 Å². The van der Waals surface area contributed by atoms with Crippen molar-refractivity contribution in [3.05, 3.63) is 34.3 Å². The number of hydrogen-bond donors (Lipinski definition) is 2. The number of ether oxygens (including phenoxy) is 1. The molecule has 1 aromatic carbocycles. The molecule has 96 valence electrons. The molecular weight excluding hydrogens is 280 g/mol. The number of benzene rings is 1. The van der Waals surface area contributed by atoms with Gasteiger partial charge in [0.15, 0.2) is 0 Å². The zero-order chi connectivity index (χ0) is 12.3. The lowest BCUT2D eigenvalue weighted by Gasteiger charge is -2.06. The molecule has 4 heteroatoms. The SMILES string of the molecule is COCCNCCNCCc1ccc(Br)cc1. The van der Waals surface area contributed by atoms with Crippen LogP contribution in [0, 0.1) is 0 Å². The summed E-state index contributed by atoms with van der Waals surface area (Å²) < 4.78 is 6.09. The van der Waals surface area contributed by atoms with Gasteiger partial charge in [-0.05, 0) is 30.7 Å². The van der Waals surface area contributed by atoms with Gasteiger partial charge < -0.3 is 15.4 Å². The van der Waals surface area contributed by atoms with Gasteiger partial charge in [-0.25, -0.2) is 0 Å². The van der Waals surface area contributed by atoms with Gasteiger partial charge in [-0.1, -0.05) is 28.1 Å². The number of rotatable bonds is 9. The molecule has 1 rings (SSSR count). The summed E-state index contributed by atoms with van der Waals surface area (Å²) in [5.41, 5.74) is 1.37. The van der Waals surface area contributed by atoms with Crippen molar-refractivity contribution in [2.45, 2.75) is 6.42 Å². The maximum Gasteiger partial charge on any atom is 0.0587 e. The zero-order valence-corrected chi connectivity index (χ0v) is 11.9. The van der Waals surface area contributed by atoms with Gasteiger partial charge >= 0.3 is 0 Å². The molecule has 0 heterocycles. The summed E-state index contributed by atoms with van der Waals surface area (Å²) in [6, 6.07) is 8.48. The molecule has 0 fully saturated rings. The molecule has 0 saturated heterocycles. The second kappa shape index (κ2) is 9.59. The van der Waals surface area contributed by atoms with Crippen LogP contribution in [0.3, 0.4) is 0 Å². The fourth-order valence-electron chi connectivity index (χ4n) is 1.48. The van der Waals surface area contributed by atoms with E-state index in [2.05, 4.69) is 50.8 Å². The maximum absolute atomic E-state index is 4.95. The zero-order valence-electron chi connectivity index (χ0n) is 10.3. The molecule has 0 aliphatic heterocycles. The first kappa shape index (κ1) is 14.6. The summed E-state index contributed by atoms with van der Waals surface area (Å²) in [7, 11) is 1.72. The molecule has 0 amide bonds. The van der Waals surface area contributed by atoms with Gasteiger partial charge in [0, 0.05) is 31.2 Å².